The molecule has 112 valence electrons. The Bertz CT molecular complexity index is 456. The van der Waals surface area contributed by atoms with Crippen LogP contribution in [0.15, 0.2) is 12.1 Å². The molecule has 20 heavy (non-hydrogen) atoms. The van der Waals surface area contributed by atoms with E-state index in [4.69, 9.17) is 0 Å². The van der Waals surface area contributed by atoms with Crippen molar-refractivity contribution in [2.45, 2.75) is 32.7 Å². The molecule has 1 rings (SSSR count). The van der Waals surface area contributed by atoms with E-state index in [0.29, 0.717) is 0 Å². The van der Waals surface area contributed by atoms with Crippen LogP contribution in [-0.4, -0.2) is 17.6 Å². The smallest absolute Gasteiger partial charge is 0.220 e. The van der Waals surface area contributed by atoms with Gasteiger partial charge < -0.3 is 10.4 Å². The first-order chi connectivity index (χ1) is 9.38. The first-order valence-electron chi connectivity index (χ1n) is 6.43. The molecule has 0 radical (unpaired) electrons. The summed E-state index contributed by atoms with van der Waals surface area (Å²) in [5, 5.41) is 11.7. The molecule has 0 bridgehead atoms. The molecular formula is C14H18F3NO2. The Labute approximate surface area is 115 Å². The van der Waals surface area contributed by atoms with Gasteiger partial charge in [-0.05, 0) is 23.6 Å². The van der Waals surface area contributed by atoms with E-state index in [9.17, 15) is 23.1 Å². The van der Waals surface area contributed by atoms with Gasteiger partial charge in [0, 0.05) is 6.42 Å². The molecule has 0 aliphatic rings. The van der Waals surface area contributed by atoms with Gasteiger partial charge in [0.15, 0.2) is 17.5 Å². The highest BCUT2D eigenvalue weighted by atomic mass is 19.2. The summed E-state index contributed by atoms with van der Waals surface area (Å²) in [6.07, 6.45) is 1.07. The average Bonchev–Trinajstić information content (AvgIpc) is 2.41. The van der Waals surface area contributed by atoms with E-state index in [1.807, 2.05) is 13.8 Å². The summed E-state index contributed by atoms with van der Waals surface area (Å²) in [5.74, 6) is -4.44. The molecule has 1 aromatic rings. The van der Waals surface area contributed by atoms with Gasteiger partial charge >= 0.3 is 0 Å². The van der Waals surface area contributed by atoms with Gasteiger partial charge in [0.1, 0.15) is 0 Å². The quantitative estimate of drug-likeness (QED) is 0.791. The summed E-state index contributed by atoms with van der Waals surface area (Å²) < 4.78 is 39.1. The third-order valence-corrected chi connectivity index (χ3v) is 3.16. The lowest BCUT2D eigenvalue weighted by atomic mass is 10.0. The number of carbonyl (C=O) groups excluding carboxylic acids is 1. The maximum atomic E-state index is 13.1. The second kappa shape index (κ2) is 7.28. The van der Waals surface area contributed by atoms with Crippen molar-refractivity contribution < 1.29 is 23.1 Å². The number of carbonyl (C=O) groups is 1. The summed E-state index contributed by atoms with van der Waals surface area (Å²) in [7, 11) is 0. The van der Waals surface area contributed by atoms with Crippen LogP contribution in [-0.2, 0) is 4.79 Å². The fraction of sp³-hybridized carbons (Fsp3) is 0.500. The number of hydrogen-bond acceptors (Lipinski definition) is 2. The Balaban J connectivity index is 2.83. The topological polar surface area (TPSA) is 49.3 Å². The Kier molecular flexibility index (Phi) is 6.01. The normalized spacial score (nSPS) is 13.9. The number of rotatable bonds is 6. The third kappa shape index (κ3) is 4.23. The maximum absolute atomic E-state index is 13.1. The predicted octanol–water partition coefficient (Wildman–Crippen LogP) is 2.69. The molecule has 6 heteroatoms. The van der Waals surface area contributed by atoms with Gasteiger partial charge in [-0.3, -0.25) is 4.79 Å². The third-order valence-electron chi connectivity index (χ3n) is 3.16. The van der Waals surface area contributed by atoms with E-state index in [1.165, 1.54) is 0 Å². The second-order valence-corrected chi connectivity index (χ2v) is 4.82. The Morgan fingerprint density at radius 3 is 2.30 bits per heavy atom. The highest BCUT2D eigenvalue weighted by Crippen LogP contribution is 2.19. The average molecular weight is 289 g/mol. The molecule has 0 fully saturated rings. The molecule has 2 N–H and O–H groups in total. The van der Waals surface area contributed by atoms with Crippen LogP contribution in [0.1, 0.15) is 38.3 Å². The second-order valence-electron chi connectivity index (χ2n) is 4.82. The van der Waals surface area contributed by atoms with Crippen molar-refractivity contribution >= 4 is 5.91 Å². The van der Waals surface area contributed by atoms with E-state index in [-0.39, 0.29) is 23.8 Å². The van der Waals surface area contributed by atoms with Gasteiger partial charge in [0.25, 0.3) is 0 Å². The number of halogens is 3. The Morgan fingerprint density at radius 2 is 1.85 bits per heavy atom. The summed E-state index contributed by atoms with van der Waals surface area (Å²) in [6.45, 7) is 3.30. The monoisotopic (exact) mass is 289 g/mol. The minimum absolute atomic E-state index is 0.0126. The summed E-state index contributed by atoms with van der Waals surface area (Å²) in [6, 6.07) is 0.571. The highest BCUT2D eigenvalue weighted by Gasteiger charge is 2.19. The van der Waals surface area contributed by atoms with Crippen molar-refractivity contribution in [2.24, 2.45) is 5.92 Å². The molecule has 0 heterocycles. The highest BCUT2D eigenvalue weighted by molar-refractivity contribution is 5.76. The Morgan fingerprint density at radius 1 is 1.30 bits per heavy atom. The first kappa shape index (κ1) is 16.5. The number of aliphatic hydroxyl groups is 1. The predicted molar refractivity (Wildman–Crippen MR) is 68.4 cm³/mol. The number of hydrogen-bond donors (Lipinski definition) is 2. The van der Waals surface area contributed by atoms with E-state index in [0.717, 1.165) is 18.6 Å². The van der Waals surface area contributed by atoms with Crippen LogP contribution in [0, 0.1) is 23.4 Å². The summed E-state index contributed by atoms with van der Waals surface area (Å²) in [4.78, 5) is 11.7. The molecule has 1 aromatic carbocycles. The van der Waals surface area contributed by atoms with E-state index in [2.05, 4.69) is 5.32 Å². The minimum atomic E-state index is -1.57. The molecule has 1 amide bonds. The number of nitrogens with one attached hydrogen (secondary N) is 1. The van der Waals surface area contributed by atoms with Crippen LogP contribution in [0.2, 0.25) is 0 Å². The van der Waals surface area contributed by atoms with Crippen LogP contribution in [0.4, 0.5) is 13.2 Å². The fourth-order valence-corrected chi connectivity index (χ4v) is 1.72. The van der Waals surface area contributed by atoms with Gasteiger partial charge in [-0.2, -0.15) is 0 Å². The molecule has 0 aromatic heterocycles. The molecule has 0 saturated carbocycles. The lowest BCUT2D eigenvalue weighted by Crippen LogP contribution is -2.31. The van der Waals surface area contributed by atoms with Crippen molar-refractivity contribution in [3.05, 3.63) is 35.1 Å². The largest absolute Gasteiger partial charge is 0.394 e. The molecule has 0 aliphatic heterocycles. The molecule has 2 atom stereocenters. The summed E-state index contributed by atoms with van der Waals surface area (Å²) in [5.41, 5.74) is -0.0126. The van der Waals surface area contributed by atoms with E-state index < -0.39 is 30.1 Å². The lowest BCUT2D eigenvalue weighted by molar-refractivity contribution is -0.123. The minimum Gasteiger partial charge on any atom is -0.394 e. The first-order valence-corrected chi connectivity index (χ1v) is 6.43. The van der Waals surface area contributed by atoms with Gasteiger partial charge in [-0.15, -0.1) is 0 Å². The van der Waals surface area contributed by atoms with Crippen LogP contribution < -0.4 is 5.32 Å². The van der Waals surface area contributed by atoms with Crippen molar-refractivity contribution in [3.8, 4) is 0 Å². The van der Waals surface area contributed by atoms with Crippen molar-refractivity contribution in [1.29, 1.82) is 0 Å². The van der Waals surface area contributed by atoms with Crippen LogP contribution in [0.5, 0.6) is 0 Å². The summed E-state index contributed by atoms with van der Waals surface area (Å²) >= 11 is 0. The molecule has 0 aliphatic carbocycles. The van der Waals surface area contributed by atoms with Crippen molar-refractivity contribution in [2.75, 3.05) is 6.61 Å². The zero-order valence-electron chi connectivity index (χ0n) is 11.4. The number of aliphatic hydroxyl groups excluding tert-OH is 1. The van der Waals surface area contributed by atoms with Crippen molar-refractivity contribution in [3.63, 3.8) is 0 Å². The molecular weight excluding hydrogens is 271 g/mol. The van der Waals surface area contributed by atoms with Crippen LogP contribution in [0.25, 0.3) is 0 Å². The van der Waals surface area contributed by atoms with Gasteiger partial charge in [-0.25, -0.2) is 13.2 Å². The van der Waals surface area contributed by atoms with E-state index in [1.54, 1.807) is 0 Å². The van der Waals surface area contributed by atoms with Gasteiger partial charge in [-0.1, -0.05) is 20.3 Å². The molecule has 2 unspecified atom stereocenters. The zero-order chi connectivity index (χ0) is 15.3. The SMILES string of the molecule is CCC(C)CC(=O)NC(CO)c1cc(F)c(F)c(F)c1. The van der Waals surface area contributed by atoms with Crippen LogP contribution in [0.3, 0.4) is 0 Å². The fourth-order valence-electron chi connectivity index (χ4n) is 1.72. The van der Waals surface area contributed by atoms with Gasteiger partial charge in [0.05, 0.1) is 12.6 Å². The van der Waals surface area contributed by atoms with Gasteiger partial charge in [0.2, 0.25) is 5.91 Å². The zero-order valence-corrected chi connectivity index (χ0v) is 11.4. The molecule has 0 saturated heterocycles. The maximum Gasteiger partial charge on any atom is 0.220 e. The van der Waals surface area contributed by atoms with Crippen molar-refractivity contribution in [1.82, 2.24) is 5.32 Å². The van der Waals surface area contributed by atoms with E-state index >= 15 is 0 Å². The lowest BCUT2D eigenvalue weighted by Gasteiger charge is -2.18. The number of benzene rings is 1. The molecule has 3 nitrogen and oxygen atoms in total. The Hall–Kier alpha value is -1.56. The van der Waals surface area contributed by atoms with Crippen LogP contribution >= 0.6 is 0 Å². The number of amides is 1. The molecule has 0 spiro atoms. The standard InChI is InChI=1S/C14H18F3NO2/c1-3-8(2)4-13(20)18-12(7-19)9-5-10(15)14(17)11(16)6-9/h5-6,8,12,19H,3-4,7H2,1-2H3,(H,18,20).